The van der Waals surface area contributed by atoms with Gasteiger partial charge in [0, 0.05) is 118 Å². The summed E-state index contributed by atoms with van der Waals surface area (Å²) >= 11 is 0. The van der Waals surface area contributed by atoms with Gasteiger partial charge in [-0.2, -0.15) is 0 Å². The van der Waals surface area contributed by atoms with Crippen LogP contribution in [0.1, 0.15) is 143 Å². The third-order valence-electron chi connectivity index (χ3n) is 15.3. The molecule has 0 radical (unpaired) electrons. The maximum Gasteiger partial charge on any atom is 0.326 e. The zero-order valence-electron chi connectivity index (χ0n) is 51.5. The molecule has 1 aliphatic carbocycles. The maximum atomic E-state index is 14.5. The summed E-state index contributed by atoms with van der Waals surface area (Å²) < 4.78 is 44.1. The summed E-state index contributed by atoms with van der Waals surface area (Å²) in [7, 11) is -4.93. The lowest BCUT2D eigenvalue weighted by molar-refractivity contribution is -0.142. The van der Waals surface area contributed by atoms with Crippen molar-refractivity contribution < 1.29 is 60.9 Å². The SMILES string of the molecule is CCN(CC)c1ccc2c(-c3ccccc3C(=O)N3CCN(C(=O)CCCCC(=O)N[C@@H](CS(=O)(=O)[O-])C(=O)NCCCCC(=O)NCCCCC(=O)N[C@@H](CC(C)C)C(=O)N[C@@H](CC(C)C)C(=O)O)CC3)c3ccc(=[N+](CC)CC)cc-3oc2c1. The van der Waals surface area contributed by atoms with Gasteiger partial charge < -0.3 is 55.4 Å². The summed E-state index contributed by atoms with van der Waals surface area (Å²) in [6, 6.07) is 16.5. The highest BCUT2D eigenvalue weighted by molar-refractivity contribution is 7.85. The molecule has 472 valence electrons. The van der Waals surface area contributed by atoms with Crippen molar-refractivity contribution in [2.75, 3.05) is 76.1 Å². The molecule has 0 aromatic heterocycles. The number of hydrogen-bond donors (Lipinski definition) is 6. The van der Waals surface area contributed by atoms with Crippen molar-refractivity contribution in [1.29, 1.82) is 0 Å². The van der Waals surface area contributed by atoms with Crippen LogP contribution in [-0.4, -0.2) is 165 Å². The second-order valence-corrected chi connectivity index (χ2v) is 24.2. The van der Waals surface area contributed by atoms with Gasteiger partial charge in [-0.1, -0.05) is 45.9 Å². The summed E-state index contributed by atoms with van der Waals surface area (Å²) in [4.78, 5) is 109. The molecule has 2 aliphatic heterocycles. The van der Waals surface area contributed by atoms with Crippen molar-refractivity contribution in [3.05, 3.63) is 71.6 Å². The number of nitrogens with one attached hydrogen (secondary N) is 5. The fourth-order valence-electron chi connectivity index (χ4n) is 10.7. The third-order valence-corrected chi connectivity index (χ3v) is 16.1. The fourth-order valence-corrected chi connectivity index (χ4v) is 11.4. The largest absolute Gasteiger partial charge is 0.748 e. The summed E-state index contributed by atoms with van der Waals surface area (Å²) in [6.45, 7) is 20.8. The number of carboxylic acid groups (broad SMARTS) is 1. The Morgan fingerprint density at radius 1 is 0.640 bits per heavy atom. The summed E-state index contributed by atoms with van der Waals surface area (Å²) in [5, 5.41) is 24.4. The molecule has 0 saturated carbocycles. The van der Waals surface area contributed by atoms with Gasteiger partial charge >= 0.3 is 5.97 Å². The minimum atomic E-state index is -4.93. The van der Waals surface area contributed by atoms with E-state index >= 15 is 0 Å². The van der Waals surface area contributed by atoms with Gasteiger partial charge in [0.2, 0.25) is 40.8 Å². The van der Waals surface area contributed by atoms with Gasteiger partial charge in [0.1, 0.15) is 42.6 Å². The number of carboxylic acids is 1. The summed E-state index contributed by atoms with van der Waals surface area (Å²) in [5.74, 6) is -4.55. The highest BCUT2D eigenvalue weighted by Crippen LogP contribution is 2.42. The molecule has 3 aliphatic rings. The maximum absolute atomic E-state index is 14.5. The van der Waals surface area contributed by atoms with Crippen LogP contribution < -0.4 is 41.4 Å². The summed E-state index contributed by atoms with van der Waals surface area (Å²) in [6.07, 6.45) is 2.87. The van der Waals surface area contributed by atoms with Crippen molar-refractivity contribution in [3.63, 3.8) is 0 Å². The zero-order valence-corrected chi connectivity index (χ0v) is 52.3. The highest BCUT2D eigenvalue weighted by atomic mass is 32.2. The highest BCUT2D eigenvalue weighted by Gasteiger charge is 2.31. The first-order valence-corrected chi connectivity index (χ1v) is 32.1. The Labute approximate surface area is 506 Å². The van der Waals surface area contributed by atoms with Crippen LogP contribution in [0.25, 0.3) is 33.4 Å². The Bertz CT molecular complexity index is 3130. The Hall–Kier alpha value is -7.40. The molecule has 7 amide bonds. The Morgan fingerprint density at radius 2 is 1.21 bits per heavy atom. The van der Waals surface area contributed by atoms with E-state index in [1.54, 1.807) is 9.80 Å². The number of anilines is 1. The molecule has 0 spiro atoms. The minimum Gasteiger partial charge on any atom is -0.748 e. The molecular formula is C63H91N9O13S. The van der Waals surface area contributed by atoms with Crippen LogP contribution >= 0.6 is 0 Å². The number of nitrogens with zero attached hydrogens (tertiary/aromatic N) is 4. The monoisotopic (exact) mass is 1210 g/mol. The molecule has 0 unspecified atom stereocenters. The number of carbonyl (C=O) groups is 8. The first-order valence-electron chi connectivity index (χ1n) is 30.6. The number of aliphatic carboxylic acids is 1. The first kappa shape index (κ1) is 69.4. The number of fused-ring (bicyclic) bond motifs is 2. The number of amides is 7. The molecule has 5 rings (SSSR count). The van der Waals surface area contributed by atoms with Crippen LogP contribution in [0.2, 0.25) is 0 Å². The minimum absolute atomic E-state index is 0.0325. The van der Waals surface area contributed by atoms with Gasteiger partial charge in [-0.25, -0.2) is 17.8 Å². The van der Waals surface area contributed by atoms with Crippen LogP contribution in [-0.2, 0) is 43.7 Å². The average Bonchev–Trinajstić information content (AvgIpc) is 0.776. The lowest BCUT2D eigenvalue weighted by atomic mass is 9.90. The van der Waals surface area contributed by atoms with Gasteiger partial charge in [0.25, 0.3) is 5.91 Å². The Kier molecular flexibility index (Phi) is 27.5. The van der Waals surface area contributed by atoms with Crippen molar-refractivity contribution >= 4 is 74.1 Å². The van der Waals surface area contributed by atoms with E-state index in [2.05, 4.69) is 100 Å². The molecule has 2 heterocycles. The first-order chi connectivity index (χ1) is 41.0. The average molecular weight is 1210 g/mol. The number of benzene rings is 3. The van der Waals surface area contributed by atoms with E-state index in [4.69, 9.17) is 4.42 Å². The van der Waals surface area contributed by atoms with E-state index in [1.165, 1.54) is 0 Å². The molecular weight excluding hydrogens is 1120 g/mol. The van der Waals surface area contributed by atoms with Gasteiger partial charge in [0.15, 0.2) is 0 Å². The molecule has 2 aromatic carbocycles. The molecule has 1 saturated heterocycles. The number of hydrogen-bond acceptors (Lipinski definition) is 13. The smallest absolute Gasteiger partial charge is 0.326 e. The Balaban J connectivity index is 1.04. The molecule has 22 nitrogen and oxygen atoms in total. The van der Waals surface area contributed by atoms with Crippen molar-refractivity contribution in [1.82, 2.24) is 41.0 Å². The molecule has 2 aromatic rings. The number of carbonyl (C=O) groups excluding carboxylic acids is 7. The van der Waals surface area contributed by atoms with Crippen molar-refractivity contribution in [2.45, 2.75) is 151 Å². The van der Waals surface area contributed by atoms with E-state index in [0.717, 1.165) is 59.3 Å². The van der Waals surface area contributed by atoms with Crippen molar-refractivity contribution in [2.24, 2.45) is 11.8 Å². The fraction of sp³-hybridized carbons (Fsp3) is 0.571. The normalized spacial score (nSPS) is 13.7. The molecule has 1 fully saturated rings. The standard InChI is InChI=1S/C63H91N9O13S/c1-9-69(10-2)44-27-29-48-53(39-44)85-54-40-45(70(11-3)12-4)28-30-49(54)59(48)46-21-13-14-22-47(46)62(79)72-35-33-71(34-36-72)58(76)26-16-15-24-57(75)67-52(41-86(82,83)84)60(77)65-32-20-17-23-55(73)64-31-19-18-25-56(74)66-50(37-42(5)6)61(78)68-51(63(80)81)38-43(7)8/h13-14,21-22,27-30,39-40,42-43,50-52H,9-12,15-20,23-26,31-38,41H2,1-8H3,(H6-,64,65,66,67,68,73,74,75,77,78,80,81,82,83,84)/t50-,51-,52-/m0/s1. The van der Waals surface area contributed by atoms with E-state index < -0.39 is 57.7 Å². The second-order valence-electron chi connectivity index (χ2n) is 22.8. The summed E-state index contributed by atoms with van der Waals surface area (Å²) in [5.41, 5.74) is 4.84. The van der Waals surface area contributed by atoms with Crippen molar-refractivity contribution in [3.8, 4) is 22.5 Å². The quantitative estimate of drug-likeness (QED) is 0.0147. The van der Waals surface area contributed by atoms with E-state index in [9.17, 15) is 56.4 Å². The lowest BCUT2D eigenvalue weighted by Gasteiger charge is -2.35. The molecule has 0 bridgehead atoms. The van der Waals surface area contributed by atoms with Crippen LogP contribution in [0, 0.1) is 11.8 Å². The third kappa shape index (κ3) is 21.2. The van der Waals surface area contributed by atoms with E-state index in [0.29, 0.717) is 81.6 Å². The molecule has 6 N–H and O–H groups in total. The number of unbranched alkanes of at least 4 members (excludes halogenated alkanes) is 3. The van der Waals surface area contributed by atoms with E-state index in [-0.39, 0.29) is 87.1 Å². The molecule has 23 heteroatoms. The molecule has 86 heavy (non-hydrogen) atoms. The van der Waals surface area contributed by atoms with Gasteiger partial charge in [-0.15, -0.1) is 0 Å². The van der Waals surface area contributed by atoms with Crippen LogP contribution in [0.4, 0.5) is 5.69 Å². The Morgan fingerprint density at radius 3 is 1.81 bits per heavy atom. The number of rotatable bonds is 34. The van der Waals surface area contributed by atoms with Crippen LogP contribution in [0.3, 0.4) is 0 Å². The predicted octanol–water partition coefficient (Wildman–Crippen LogP) is 5.46. The number of piperazine rings is 1. The van der Waals surface area contributed by atoms with Crippen LogP contribution in [0.5, 0.6) is 0 Å². The van der Waals surface area contributed by atoms with Gasteiger partial charge in [0.05, 0.1) is 21.9 Å². The van der Waals surface area contributed by atoms with Gasteiger partial charge in [-0.3, -0.25) is 33.6 Å². The van der Waals surface area contributed by atoms with Crippen LogP contribution in [0.15, 0.2) is 65.1 Å². The lowest BCUT2D eigenvalue weighted by Crippen LogP contribution is -2.52. The topological polar surface area (TPSA) is 300 Å². The zero-order chi connectivity index (χ0) is 63.1. The van der Waals surface area contributed by atoms with Gasteiger partial charge in [-0.05, 0) is 121 Å². The predicted molar refractivity (Wildman–Crippen MR) is 330 cm³/mol. The second kappa shape index (κ2) is 34.1. The molecule has 3 atom stereocenters. The van der Waals surface area contributed by atoms with E-state index in [1.807, 2.05) is 52.0 Å².